The van der Waals surface area contributed by atoms with Crippen molar-refractivity contribution < 1.29 is 9.84 Å². The lowest BCUT2D eigenvalue weighted by atomic mass is 9.83. The molecule has 156 valence electrons. The van der Waals surface area contributed by atoms with Crippen molar-refractivity contribution in [3.63, 3.8) is 0 Å². The summed E-state index contributed by atoms with van der Waals surface area (Å²) in [5.74, 6) is 0.458. The summed E-state index contributed by atoms with van der Waals surface area (Å²) in [6, 6.07) is 10.1. The molecule has 7 nitrogen and oxygen atoms in total. The molecule has 0 saturated carbocycles. The van der Waals surface area contributed by atoms with E-state index in [2.05, 4.69) is 32.4 Å². The summed E-state index contributed by atoms with van der Waals surface area (Å²) >= 11 is 0. The molecule has 1 aromatic carbocycles. The fourth-order valence-corrected chi connectivity index (χ4v) is 4.44. The average molecular weight is 413 g/mol. The molecule has 1 aliphatic carbocycles. The van der Waals surface area contributed by atoms with Crippen LogP contribution < -0.4 is 5.32 Å². The van der Waals surface area contributed by atoms with Crippen LogP contribution in [-0.2, 0) is 29.6 Å². The topological polar surface area (TPSA) is 104 Å². The summed E-state index contributed by atoms with van der Waals surface area (Å²) in [6.45, 7) is 3.37. The van der Waals surface area contributed by atoms with Gasteiger partial charge in [0, 0.05) is 34.9 Å². The molecule has 0 radical (unpaired) electrons. The summed E-state index contributed by atoms with van der Waals surface area (Å²) in [6.07, 6.45) is 5.96. The third kappa shape index (κ3) is 3.54. The third-order valence-corrected chi connectivity index (χ3v) is 6.30. The number of rotatable bonds is 4. The number of aromatic nitrogens is 3. The maximum absolute atomic E-state index is 9.96. The smallest absolute Gasteiger partial charge is 0.227 e. The van der Waals surface area contributed by atoms with Gasteiger partial charge in [0.05, 0.1) is 49.0 Å². The van der Waals surface area contributed by atoms with Gasteiger partial charge in [0.25, 0.3) is 0 Å². The molecule has 1 unspecified atom stereocenters. The molecule has 3 aromatic rings. The van der Waals surface area contributed by atoms with Crippen LogP contribution in [0.5, 0.6) is 0 Å². The Morgan fingerprint density at radius 2 is 2.16 bits per heavy atom. The Morgan fingerprint density at radius 3 is 3.00 bits per heavy atom. The second-order valence-corrected chi connectivity index (χ2v) is 8.40. The van der Waals surface area contributed by atoms with Gasteiger partial charge >= 0.3 is 0 Å². The Hall–Kier alpha value is -3.34. The van der Waals surface area contributed by atoms with Gasteiger partial charge in [0.1, 0.15) is 0 Å². The molecule has 0 fully saturated rings. The van der Waals surface area contributed by atoms with Crippen molar-refractivity contribution in [2.45, 2.75) is 38.2 Å². The molecule has 0 spiro atoms. The van der Waals surface area contributed by atoms with E-state index in [1.165, 1.54) is 0 Å². The third-order valence-electron chi connectivity index (χ3n) is 6.30. The lowest BCUT2D eigenvalue weighted by Crippen LogP contribution is -2.23. The van der Waals surface area contributed by atoms with E-state index in [1.807, 2.05) is 25.1 Å². The minimum atomic E-state index is -0.331. The number of ether oxygens (including phenoxy) is 1. The highest BCUT2D eigenvalue weighted by Gasteiger charge is 2.35. The Labute approximate surface area is 180 Å². The number of fused-ring (bicyclic) bond motifs is 2. The van der Waals surface area contributed by atoms with E-state index in [0.717, 1.165) is 58.6 Å². The molecule has 0 amide bonds. The fourth-order valence-electron chi connectivity index (χ4n) is 4.44. The fraction of sp³-hybridized carbons (Fsp3) is 0.333. The SMILES string of the molecule is CC1(CO)CCc2c(C#N)cc(-c3ccnc(Nc4cnc5c(c4)COCC5)n3)cc21. The van der Waals surface area contributed by atoms with Crippen LogP contribution in [0.1, 0.15) is 41.3 Å². The lowest BCUT2D eigenvalue weighted by Gasteiger charge is -2.23. The molecule has 2 aromatic heterocycles. The van der Waals surface area contributed by atoms with E-state index in [4.69, 9.17) is 4.74 Å². The van der Waals surface area contributed by atoms with Gasteiger partial charge in [-0.1, -0.05) is 6.92 Å². The number of nitrogens with one attached hydrogen (secondary N) is 1. The first-order valence-corrected chi connectivity index (χ1v) is 10.4. The molecule has 31 heavy (non-hydrogen) atoms. The summed E-state index contributed by atoms with van der Waals surface area (Å²) in [7, 11) is 0. The van der Waals surface area contributed by atoms with Crippen molar-refractivity contribution in [3.05, 3.63) is 64.6 Å². The lowest BCUT2D eigenvalue weighted by molar-refractivity contribution is 0.109. The second kappa shape index (κ2) is 7.73. The maximum atomic E-state index is 9.96. The largest absolute Gasteiger partial charge is 0.395 e. The number of hydrogen-bond donors (Lipinski definition) is 2. The summed E-state index contributed by atoms with van der Waals surface area (Å²) in [4.78, 5) is 13.5. The summed E-state index contributed by atoms with van der Waals surface area (Å²) in [5.41, 5.74) is 6.92. The minimum Gasteiger partial charge on any atom is -0.395 e. The van der Waals surface area contributed by atoms with E-state index < -0.39 is 0 Å². The molecule has 2 N–H and O–H groups in total. The van der Waals surface area contributed by atoms with Gasteiger partial charge in [-0.2, -0.15) is 5.26 Å². The van der Waals surface area contributed by atoms with Crippen molar-refractivity contribution in [1.82, 2.24) is 15.0 Å². The van der Waals surface area contributed by atoms with Crippen molar-refractivity contribution in [1.29, 1.82) is 5.26 Å². The zero-order chi connectivity index (χ0) is 21.4. The van der Waals surface area contributed by atoms with E-state index in [9.17, 15) is 10.4 Å². The van der Waals surface area contributed by atoms with Crippen molar-refractivity contribution in [3.8, 4) is 17.3 Å². The first kappa shape index (κ1) is 19.6. The Kier molecular flexibility index (Phi) is 4.89. The molecule has 5 rings (SSSR count). The molecule has 0 bridgehead atoms. The van der Waals surface area contributed by atoms with Gasteiger partial charge in [-0.3, -0.25) is 4.98 Å². The van der Waals surface area contributed by atoms with Crippen LogP contribution in [0.2, 0.25) is 0 Å². The summed E-state index contributed by atoms with van der Waals surface area (Å²) < 4.78 is 5.52. The Balaban J connectivity index is 1.49. The van der Waals surface area contributed by atoms with Crippen molar-refractivity contribution in [2.75, 3.05) is 18.5 Å². The van der Waals surface area contributed by atoms with Crippen LogP contribution >= 0.6 is 0 Å². The molecule has 1 atom stereocenters. The van der Waals surface area contributed by atoms with Crippen LogP contribution in [0.25, 0.3) is 11.3 Å². The number of pyridine rings is 1. The quantitative estimate of drug-likeness (QED) is 0.675. The monoisotopic (exact) mass is 413 g/mol. The van der Waals surface area contributed by atoms with Crippen LogP contribution in [-0.4, -0.2) is 33.3 Å². The number of nitriles is 1. The van der Waals surface area contributed by atoms with Crippen LogP contribution in [0.15, 0.2) is 36.7 Å². The van der Waals surface area contributed by atoms with E-state index in [-0.39, 0.29) is 12.0 Å². The molecule has 3 heterocycles. The zero-order valence-corrected chi connectivity index (χ0v) is 17.4. The number of benzene rings is 1. The number of anilines is 2. The maximum Gasteiger partial charge on any atom is 0.227 e. The van der Waals surface area contributed by atoms with Gasteiger partial charge in [-0.25, -0.2) is 9.97 Å². The average Bonchev–Trinajstić information content (AvgIpc) is 3.16. The number of hydrogen-bond acceptors (Lipinski definition) is 7. The van der Waals surface area contributed by atoms with Gasteiger partial charge in [0.2, 0.25) is 5.95 Å². The zero-order valence-electron chi connectivity index (χ0n) is 17.4. The predicted molar refractivity (Wildman–Crippen MR) is 116 cm³/mol. The Morgan fingerprint density at radius 1 is 1.26 bits per heavy atom. The van der Waals surface area contributed by atoms with Gasteiger partial charge < -0.3 is 15.2 Å². The first-order chi connectivity index (χ1) is 15.1. The van der Waals surface area contributed by atoms with E-state index in [1.54, 1.807) is 12.4 Å². The molecule has 0 saturated heterocycles. The number of aliphatic hydroxyl groups is 1. The number of nitrogens with zero attached hydrogens (tertiary/aromatic N) is 4. The molecular weight excluding hydrogens is 390 g/mol. The minimum absolute atomic E-state index is 0.0555. The highest BCUT2D eigenvalue weighted by Crippen LogP contribution is 2.42. The van der Waals surface area contributed by atoms with E-state index >= 15 is 0 Å². The summed E-state index contributed by atoms with van der Waals surface area (Å²) in [5, 5.41) is 22.9. The van der Waals surface area contributed by atoms with Crippen molar-refractivity contribution >= 4 is 11.6 Å². The molecule has 2 aliphatic rings. The van der Waals surface area contributed by atoms with Crippen LogP contribution in [0, 0.1) is 11.3 Å². The Bertz CT molecular complexity index is 1200. The highest BCUT2D eigenvalue weighted by atomic mass is 16.5. The van der Waals surface area contributed by atoms with Gasteiger partial charge in [-0.15, -0.1) is 0 Å². The molecular formula is C24H23N5O2. The van der Waals surface area contributed by atoms with Crippen LogP contribution in [0.3, 0.4) is 0 Å². The molecule has 7 heteroatoms. The number of aliphatic hydroxyl groups excluding tert-OH is 1. The standard InChI is InChI=1S/C24H23N5O2/c1-24(14-30)5-2-19-16(11-25)8-15(10-20(19)24)22-3-6-26-23(29-22)28-18-9-17-13-31-7-4-21(17)27-12-18/h3,6,8-10,12,30H,2,4-5,7,13-14H2,1H3,(H,26,28,29). The second-order valence-electron chi connectivity index (χ2n) is 8.40. The molecule has 1 aliphatic heterocycles. The van der Waals surface area contributed by atoms with Crippen LogP contribution in [0.4, 0.5) is 11.6 Å². The highest BCUT2D eigenvalue weighted by molar-refractivity contribution is 5.68. The normalized spacial score (nSPS) is 19.4. The van der Waals surface area contributed by atoms with Gasteiger partial charge in [-0.05, 0) is 48.2 Å². The van der Waals surface area contributed by atoms with Gasteiger partial charge in [0.15, 0.2) is 0 Å². The van der Waals surface area contributed by atoms with E-state index in [0.29, 0.717) is 24.7 Å². The predicted octanol–water partition coefficient (Wildman–Crippen LogP) is 3.42. The first-order valence-electron chi connectivity index (χ1n) is 10.4. The van der Waals surface area contributed by atoms with Crippen molar-refractivity contribution in [2.24, 2.45) is 0 Å².